The maximum atomic E-state index is 14.6. The van der Waals surface area contributed by atoms with Gasteiger partial charge in [-0.2, -0.15) is 4.52 Å². The number of rotatable bonds is 5. The number of nitrogens with one attached hydrogen (secondary N) is 1. The monoisotopic (exact) mass is 421 g/mol. The molecule has 3 heterocycles. The second-order valence-corrected chi connectivity index (χ2v) is 8.08. The number of halogens is 2. The van der Waals surface area contributed by atoms with Crippen LogP contribution >= 0.6 is 11.3 Å². The predicted octanol–water partition coefficient (Wildman–Crippen LogP) is 2.69. The van der Waals surface area contributed by atoms with Crippen molar-refractivity contribution in [1.82, 2.24) is 19.5 Å². The van der Waals surface area contributed by atoms with Crippen LogP contribution in [0.25, 0.3) is 4.96 Å². The summed E-state index contributed by atoms with van der Waals surface area (Å²) in [6, 6.07) is 4.64. The van der Waals surface area contributed by atoms with Crippen LogP contribution in [-0.4, -0.2) is 51.3 Å². The van der Waals surface area contributed by atoms with Gasteiger partial charge >= 0.3 is 0 Å². The standard InChI is InChI=1S/C19H21F2N5O2S/c1-11-9-25(10-12(2)28-11)15(17-13(20)4-3-5-14(17)21)8-23-18-24-26-16(27)6-7-22-19(26)29-18/h3-7,11-12,15H,8-10H2,1-2H3,(H,23,24). The second-order valence-electron chi connectivity index (χ2n) is 7.13. The van der Waals surface area contributed by atoms with Gasteiger partial charge < -0.3 is 10.1 Å². The third-order valence-electron chi connectivity index (χ3n) is 4.84. The molecule has 0 spiro atoms. The van der Waals surface area contributed by atoms with Crippen LogP contribution in [0.2, 0.25) is 0 Å². The number of nitrogens with zero attached hydrogens (tertiary/aromatic N) is 4. The molecule has 2 aromatic heterocycles. The van der Waals surface area contributed by atoms with Crippen LogP contribution in [-0.2, 0) is 4.74 Å². The van der Waals surface area contributed by atoms with E-state index in [2.05, 4.69) is 15.4 Å². The molecule has 29 heavy (non-hydrogen) atoms. The minimum Gasteiger partial charge on any atom is -0.373 e. The smallest absolute Gasteiger partial charge is 0.275 e. The van der Waals surface area contributed by atoms with Crippen LogP contribution in [0.4, 0.5) is 13.9 Å². The Morgan fingerprint density at radius 1 is 1.24 bits per heavy atom. The molecule has 0 amide bonds. The lowest BCUT2D eigenvalue weighted by molar-refractivity contribution is -0.0801. The van der Waals surface area contributed by atoms with Crippen LogP contribution in [0.3, 0.4) is 0 Å². The Bertz CT molecular complexity index is 1040. The zero-order valence-corrected chi connectivity index (χ0v) is 16.8. The Morgan fingerprint density at radius 3 is 2.59 bits per heavy atom. The van der Waals surface area contributed by atoms with Gasteiger partial charge in [0, 0.05) is 37.5 Å². The van der Waals surface area contributed by atoms with Crippen molar-refractivity contribution in [2.45, 2.75) is 32.1 Å². The van der Waals surface area contributed by atoms with Crippen LogP contribution < -0.4 is 10.9 Å². The number of aromatic nitrogens is 3. The van der Waals surface area contributed by atoms with Crippen LogP contribution in [0.1, 0.15) is 25.5 Å². The molecule has 1 aliphatic rings. The van der Waals surface area contributed by atoms with E-state index in [9.17, 15) is 13.6 Å². The summed E-state index contributed by atoms with van der Waals surface area (Å²) < 4.78 is 36.2. The number of hydrogen-bond acceptors (Lipinski definition) is 7. The van der Waals surface area contributed by atoms with E-state index in [1.165, 1.54) is 46.3 Å². The first-order valence-corrected chi connectivity index (χ1v) is 10.2. The maximum Gasteiger partial charge on any atom is 0.275 e. The van der Waals surface area contributed by atoms with Gasteiger partial charge in [0.25, 0.3) is 5.56 Å². The summed E-state index contributed by atoms with van der Waals surface area (Å²) in [5, 5.41) is 7.80. The Labute approximate surface area is 169 Å². The average molecular weight is 421 g/mol. The lowest BCUT2D eigenvalue weighted by Gasteiger charge is -2.40. The van der Waals surface area contributed by atoms with Gasteiger partial charge in [-0.1, -0.05) is 17.4 Å². The first kappa shape index (κ1) is 19.9. The topological polar surface area (TPSA) is 71.8 Å². The average Bonchev–Trinajstić information content (AvgIpc) is 3.08. The number of morpholine rings is 1. The first-order valence-electron chi connectivity index (χ1n) is 9.34. The third-order valence-corrected chi connectivity index (χ3v) is 5.72. The van der Waals surface area contributed by atoms with Crippen LogP contribution in [0.15, 0.2) is 35.3 Å². The molecule has 1 fully saturated rings. The molecule has 1 N–H and O–H groups in total. The Balaban J connectivity index is 1.64. The molecule has 0 radical (unpaired) electrons. The van der Waals surface area contributed by atoms with Gasteiger partial charge in [0.1, 0.15) is 11.6 Å². The summed E-state index contributed by atoms with van der Waals surface area (Å²) in [7, 11) is 0. The number of hydrogen-bond donors (Lipinski definition) is 1. The van der Waals surface area contributed by atoms with E-state index in [1.54, 1.807) is 0 Å². The van der Waals surface area contributed by atoms with Gasteiger partial charge in [-0.25, -0.2) is 13.8 Å². The molecule has 0 bridgehead atoms. The Hall–Kier alpha value is -2.43. The van der Waals surface area contributed by atoms with E-state index in [4.69, 9.17) is 4.74 Å². The highest BCUT2D eigenvalue weighted by Gasteiger charge is 2.32. The molecule has 3 aromatic rings. The fourth-order valence-electron chi connectivity index (χ4n) is 3.71. The maximum absolute atomic E-state index is 14.6. The van der Waals surface area contributed by atoms with E-state index in [0.29, 0.717) is 23.2 Å². The normalized spacial score (nSPS) is 21.4. The van der Waals surface area contributed by atoms with Crippen molar-refractivity contribution < 1.29 is 13.5 Å². The molecule has 1 saturated heterocycles. The summed E-state index contributed by atoms with van der Waals surface area (Å²) in [4.78, 5) is 18.5. The van der Waals surface area contributed by atoms with Crippen LogP contribution in [0, 0.1) is 11.6 Å². The van der Waals surface area contributed by atoms with E-state index in [1.807, 2.05) is 18.7 Å². The van der Waals surface area contributed by atoms with E-state index < -0.39 is 17.7 Å². The van der Waals surface area contributed by atoms with Crippen molar-refractivity contribution in [3.63, 3.8) is 0 Å². The summed E-state index contributed by atoms with van der Waals surface area (Å²) in [6.07, 6.45) is 1.32. The quantitative estimate of drug-likeness (QED) is 0.683. The Morgan fingerprint density at radius 2 is 1.93 bits per heavy atom. The molecule has 1 aromatic carbocycles. The fraction of sp³-hybridized carbons (Fsp3) is 0.421. The summed E-state index contributed by atoms with van der Waals surface area (Å²) in [6.45, 7) is 5.19. The third kappa shape index (κ3) is 4.14. The van der Waals surface area contributed by atoms with Gasteiger partial charge in [-0.3, -0.25) is 9.69 Å². The number of benzene rings is 1. The minimum absolute atomic E-state index is 0.0118. The van der Waals surface area contributed by atoms with Crippen molar-refractivity contribution in [3.8, 4) is 0 Å². The lowest BCUT2D eigenvalue weighted by atomic mass is 10.0. The van der Waals surface area contributed by atoms with Gasteiger partial charge in [-0.05, 0) is 26.0 Å². The largest absolute Gasteiger partial charge is 0.373 e. The van der Waals surface area contributed by atoms with Crippen molar-refractivity contribution in [3.05, 3.63) is 58.0 Å². The van der Waals surface area contributed by atoms with Crippen molar-refractivity contribution in [2.24, 2.45) is 0 Å². The zero-order chi connectivity index (χ0) is 20.5. The summed E-state index contributed by atoms with van der Waals surface area (Å²) in [5.74, 6) is -1.18. The molecule has 4 rings (SSSR count). The highest BCUT2D eigenvalue weighted by molar-refractivity contribution is 7.20. The molecule has 3 atom stereocenters. The molecular formula is C19H21F2N5O2S. The predicted molar refractivity (Wildman–Crippen MR) is 106 cm³/mol. The SMILES string of the molecule is CC1CN(C(CNc2nn3c(=O)ccnc3s2)c2c(F)cccc2F)CC(C)O1. The number of ether oxygens (including phenoxy) is 1. The molecule has 0 aliphatic carbocycles. The van der Waals surface area contributed by atoms with E-state index in [-0.39, 0.29) is 29.9 Å². The highest BCUT2D eigenvalue weighted by atomic mass is 32.1. The number of anilines is 1. The molecule has 3 unspecified atom stereocenters. The van der Waals surface area contributed by atoms with Gasteiger partial charge in [-0.15, -0.1) is 5.10 Å². The van der Waals surface area contributed by atoms with Crippen molar-refractivity contribution in [1.29, 1.82) is 0 Å². The molecule has 7 nitrogen and oxygen atoms in total. The minimum atomic E-state index is -0.592. The molecular weight excluding hydrogens is 400 g/mol. The van der Waals surface area contributed by atoms with Crippen LogP contribution in [0.5, 0.6) is 0 Å². The van der Waals surface area contributed by atoms with E-state index in [0.717, 1.165) is 0 Å². The molecule has 0 saturated carbocycles. The van der Waals surface area contributed by atoms with Crippen molar-refractivity contribution in [2.75, 3.05) is 25.0 Å². The van der Waals surface area contributed by atoms with E-state index >= 15 is 0 Å². The number of fused-ring (bicyclic) bond motifs is 1. The van der Waals surface area contributed by atoms with Gasteiger partial charge in [0.2, 0.25) is 10.1 Å². The molecule has 10 heteroatoms. The van der Waals surface area contributed by atoms with Crippen molar-refractivity contribution >= 4 is 21.4 Å². The molecule has 1 aliphatic heterocycles. The summed E-state index contributed by atoms with van der Waals surface area (Å²) >= 11 is 1.20. The van der Waals surface area contributed by atoms with Gasteiger partial charge in [0.15, 0.2) is 0 Å². The molecule has 154 valence electrons. The zero-order valence-electron chi connectivity index (χ0n) is 16.0. The van der Waals surface area contributed by atoms with Gasteiger partial charge in [0.05, 0.1) is 18.2 Å². The highest BCUT2D eigenvalue weighted by Crippen LogP contribution is 2.30. The fourth-order valence-corrected chi connectivity index (χ4v) is 4.50. The lowest BCUT2D eigenvalue weighted by Crippen LogP contribution is -2.48. The Kier molecular flexibility index (Phi) is 5.57. The summed E-state index contributed by atoms with van der Waals surface area (Å²) in [5.41, 5.74) is -0.274. The second kappa shape index (κ2) is 8.13. The first-order chi connectivity index (χ1) is 13.9.